The topological polar surface area (TPSA) is 89.5 Å². The molecule has 2 aromatic carbocycles. The number of nitrogens with zero attached hydrogens (tertiary/aromatic N) is 5. The van der Waals surface area contributed by atoms with Gasteiger partial charge in [-0.3, -0.25) is 0 Å². The molecule has 0 saturated carbocycles. The number of likely N-dealkylation sites (tertiary alicyclic amines) is 2. The Kier molecular flexibility index (Phi) is 9.76. The summed E-state index contributed by atoms with van der Waals surface area (Å²) in [5.41, 5.74) is 2.50. The Balaban J connectivity index is 1.30. The Labute approximate surface area is 286 Å². The number of amides is 1. The molecule has 0 bridgehead atoms. The van der Waals surface area contributed by atoms with E-state index in [9.17, 15) is 4.79 Å². The zero-order chi connectivity index (χ0) is 33.3. The van der Waals surface area contributed by atoms with Gasteiger partial charge in [-0.2, -0.15) is 9.97 Å². The lowest BCUT2D eigenvalue weighted by Gasteiger charge is -2.53. The number of aryl methyl sites for hydroxylation is 1. The van der Waals surface area contributed by atoms with Gasteiger partial charge in [0.2, 0.25) is 0 Å². The number of hydrogen-bond donors (Lipinski definition) is 0. The SMILES string of the molecule is CCc1cc2c(N3CCC4(CC3)CN(C(=O)OC(C)(C)C)C4)nc(OC3CCN(C)CC3)nc2c(OCc2cccc(OC)c2)c1Br. The van der Waals surface area contributed by atoms with Crippen molar-refractivity contribution in [1.82, 2.24) is 19.8 Å². The number of anilines is 1. The van der Waals surface area contributed by atoms with E-state index < -0.39 is 5.60 Å². The maximum absolute atomic E-state index is 12.7. The highest BCUT2D eigenvalue weighted by Crippen LogP contribution is 2.45. The van der Waals surface area contributed by atoms with Crippen molar-refractivity contribution in [2.24, 2.45) is 5.41 Å². The molecule has 47 heavy (non-hydrogen) atoms. The summed E-state index contributed by atoms with van der Waals surface area (Å²) in [6.45, 7) is 13.4. The molecule has 3 aliphatic rings. The van der Waals surface area contributed by atoms with Gasteiger partial charge in [0.15, 0.2) is 5.75 Å². The van der Waals surface area contributed by atoms with Crippen molar-refractivity contribution >= 4 is 38.7 Å². The van der Waals surface area contributed by atoms with Crippen LogP contribution in [0.3, 0.4) is 0 Å². The van der Waals surface area contributed by atoms with E-state index >= 15 is 0 Å². The summed E-state index contributed by atoms with van der Waals surface area (Å²) in [5, 5.41) is 0.960. The predicted octanol–water partition coefficient (Wildman–Crippen LogP) is 6.85. The van der Waals surface area contributed by atoms with E-state index in [4.69, 9.17) is 28.9 Å². The molecule has 0 atom stereocenters. The number of fused-ring (bicyclic) bond motifs is 1. The Morgan fingerprint density at radius 1 is 1.06 bits per heavy atom. The maximum atomic E-state index is 12.7. The molecule has 0 aliphatic carbocycles. The first kappa shape index (κ1) is 33.6. The van der Waals surface area contributed by atoms with Crippen LogP contribution in [0.15, 0.2) is 34.8 Å². The lowest BCUT2D eigenvalue weighted by atomic mass is 9.72. The first-order valence-electron chi connectivity index (χ1n) is 16.8. The van der Waals surface area contributed by atoms with E-state index in [0.717, 1.165) is 109 Å². The number of methoxy groups -OCH3 is 1. The normalized spacial score (nSPS) is 18.7. The molecule has 1 amide bonds. The fourth-order valence-electron chi connectivity index (χ4n) is 6.81. The molecule has 3 aromatic rings. The van der Waals surface area contributed by atoms with Crippen LogP contribution in [0.25, 0.3) is 10.9 Å². The zero-order valence-electron chi connectivity index (χ0n) is 28.6. The van der Waals surface area contributed by atoms with Crippen LogP contribution in [0.5, 0.6) is 17.5 Å². The van der Waals surface area contributed by atoms with E-state index in [-0.39, 0.29) is 17.6 Å². The van der Waals surface area contributed by atoms with Crippen molar-refractivity contribution in [3.8, 4) is 17.5 Å². The summed E-state index contributed by atoms with van der Waals surface area (Å²) in [4.78, 5) is 29.3. The number of benzene rings is 2. The third-order valence-corrected chi connectivity index (χ3v) is 10.5. The first-order valence-corrected chi connectivity index (χ1v) is 17.6. The lowest BCUT2D eigenvalue weighted by Crippen LogP contribution is -2.62. The van der Waals surface area contributed by atoms with Gasteiger partial charge in [-0.05, 0) is 105 Å². The van der Waals surface area contributed by atoms with Crippen LogP contribution in [-0.2, 0) is 17.8 Å². The average molecular weight is 711 g/mol. The molecule has 10 nitrogen and oxygen atoms in total. The minimum atomic E-state index is -0.493. The molecule has 1 spiro atoms. The summed E-state index contributed by atoms with van der Waals surface area (Å²) in [7, 11) is 3.82. The van der Waals surface area contributed by atoms with E-state index in [1.807, 2.05) is 49.9 Å². The molecule has 0 N–H and O–H groups in total. The Bertz CT molecular complexity index is 1590. The molecule has 3 saturated heterocycles. The number of piperidine rings is 2. The highest BCUT2D eigenvalue weighted by atomic mass is 79.9. The van der Waals surface area contributed by atoms with E-state index in [0.29, 0.717) is 18.4 Å². The largest absolute Gasteiger partial charge is 0.497 e. The van der Waals surface area contributed by atoms with Gasteiger partial charge < -0.3 is 33.6 Å². The average Bonchev–Trinajstić information content (AvgIpc) is 3.03. The van der Waals surface area contributed by atoms with E-state index in [2.05, 4.69) is 45.8 Å². The molecular formula is C36H48BrN5O5. The molecule has 6 rings (SSSR count). The standard InChI is InChI=1S/C36H48BrN5O5/c1-7-25-20-28-30(31(29(25)37)45-21-24-9-8-10-27(19-24)44-6)38-33(46-26-11-15-40(5)16-12-26)39-32(28)41-17-13-36(14-18-41)22-42(23-36)34(43)47-35(2,3)4/h8-10,19-20,26H,7,11-18,21-23H2,1-6H3. The second kappa shape index (κ2) is 13.7. The number of ether oxygens (including phenoxy) is 4. The van der Waals surface area contributed by atoms with Gasteiger partial charge >= 0.3 is 12.1 Å². The van der Waals surface area contributed by atoms with Gasteiger partial charge in [0.05, 0.1) is 11.6 Å². The van der Waals surface area contributed by atoms with Crippen LogP contribution in [0.1, 0.15) is 64.5 Å². The summed E-state index contributed by atoms with van der Waals surface area (Å²) in [6, 6.07) is 10.5. The van der Waals surface area contributed by atoms with Crippen LogP contribution < -0.4 is 19.1 Å². The minimum Gasteiger partial charge on any atom is -0.497 e. The fraction of sp³-hybridized carbons (Fsp3) is 0.583. The van der Waals surface area contributed by atoms with Crippen LogP contribution in [-0.4, -0.2) is 91.0 Å². The monoisotopic (exact) mass is 709 g/mol. The minimum absolute atomic E-state index is 0.0643. The van der Waals surface area contributed by atoms with Crippen LogP contribution in [0, 0.1) is 5.41 Å². The Morgan fingerprint density at radius 2 is 1.79 bits per heavy atom. The summed E-state index contributed by atoms with van der Waals surface area (Å²) >= 11 is 3.87. The molecule has 3 fully saturated rings. The quantitative estimate of drug-likeness (QED) is 0.249. The van der Waals surface area contributed by atoms with Gasteiger partial charge in [-0.15, -0.1) is 0 Å². The summed E-state index contributed by atoms with van der Waals surface area (Å²) in [5.74, 6) is 2.36. The Hall–Kier alpha value is -3.31. The van der Waals surface area contributed by atoms with E-state index in [1.54, 1.807) is 7.11 Å². The van der Waals surface area contributed by atoms with Crippen molar-refractivity contribution in [1.29, 1.82) is 0 Å². The first-order chi connectivity index (χ1) is 22.5. The zero-order valence-corrected chi connectivity index (χ0v) is 30.2. The predicted molar refractivity (Wildman–Crippen MR) is 187 cm³/mol. The van der Waals surface area contributed by atoms with Gasteiger partial charge in [0.25, 0.3) is 0 Å². The second-order valence-electron chi connectivity index (χ2n) is 14.3. The number of halogens is 1. The molecule has 3 aliphatic heterocycles. The van der Waals surface area contributed by atoms with Crippen molar-refractivity contribution in [3.05, 3.63) is 45.9 Å². The number of rotatable bonds is 8. The highest BCUT2D eigenvalue weighted by molar-refractivity contribution is 9.10. The van der Waals surface area contributed by atoms with E-state index in [1.165, 1.54) is 0 Å². The number of carbonyl (C=O) groups is 1. The fourth-order valence-corrected chi connectivity index (χ4v) is 7.51. The summed E-state index contributed by atoms with van der Waals surface area (Å²) < 4.78 is 25.1. The number of aromatic nitrogens is 2. The smallest absolute Gasteiger partial charge is 0.410 e. The molecule has 0 radical (unpaired) electrons. The lowest BCUT2D eigenvalue weighted by molar-refractivity contribution is -0.0434. The number of hydrogen-bond acceptors (Lipinski definition) is 9. The van der Waals surface area contributed by atoms with Gasteiger partial charge in [-0.1, -0.05) is 19.1 Å². The summed E-state index contributed by atoms with van der Waals surface area (Å²) in [6.07, 6.45) is 4.48. The maximum Gasteiger partial charge on any atom is 0.410 e. The third-order valence-electron chi connectivity index (χ3n) is 9.58. The molecule has 4 heterocycles. The highest BCUT2D eigenvalue weighted by Gasteiger charge is 2.48. The third kappa shape index (κ3) is 7.56. The van der Waals surface area contributed by atoms with Crippen LogP contribution in [0.4, 0.5) is 10.6 Å². The van der Waals surface area contributed by atoms with Gasteiger partial charge in [-0.25, -0.2) is 4.79 Å². The van der Waals surface area contributed by atoms with Crippen molar-refractivity contribution < 1.29 is 23.7 Å². The Morgan fingerprint density at radius 3 is 2.45 bits per heavy atom. The number of carbonyl (C=O) groups excluding carboxylic acids is 1. The molecule has 0 unspecified atom stereocenters. The van der Waals surface area contributed by atoms with Gasteiger partial charge in [0, 0.05) is 50.1 Å². The van der Waals surface area contributed by atoms with Crippen LogP contribution in [0.2, 0.25) is 0 Å². The molecular weight excluding hydrogens is 662 g/mol. The van der Waals surface area contributed by atoms with Crippen LogP contribution >= 0.6 is 15.9 Å². The molecule has 11 heteroatoms. The molecule has 254 valence electrons. The van der Waals surface area contributed by atoms with Crippen molar-refractivity contribution in [2.45, 2.75) is 78.1 Å². The van der Waals surface area contributed by atoms with Gasteiger partial charge in [0.1, 0.15) is 35.4 Å². The second-order valence-corrected chi connectivity index (χ2v) is 15.1. The van der Waals surface area contributed by atoms with Crippen molar-refractivity contribution in [2.75, 3.05) is 58.3 Å². The van der Waals surface area contributed by atoms with Crippen molar-refractivity contribution in [3.63, 3.8) is 0 Å². The molecule has 1 aromatic heterocycles.